The first-order valence-electron chi connectivity index (χ1n) is 7.05. The fourth-order valence-electron chi connectivity index (χ4n) is 2.65. The molecule has 0 saturated heterocycles. The number of thioether (sulfide) groups is 1. The zero-order valence-corrected chi connectivity index (χ0v) is 12.0. The lowest BCUT2D eigenvalue weighted by Crippen LogP contribution is -2.34. The molecular weight excluding hydrogens is 214 g/mol. The Kier molecular flexibility index (Phi) is 8.40. The second-order valence-electron chi connectivity index (χ2n) is 5.33. The van der Waals surface area contributed by atoms with Crippen LogP contribution in [0.5, 0.6) is 0 Å². The van der Waals surface area contributed by atoms with E-state index in [1.165, 1.54) is 63.7 Å². The van der Waals surface area contributed by atoms with E-state index in [9.17, 15) is 0 Å². The van der Waals surface area contributed by atoms with Gasteiger partial charge >= 0.3 is 0 Å². The van der Waals surface area contributed by atoms with Gasteiger partial charge in [0.15, 0.2) is 0 Å². The topological polar surface area (TPSA) is 12.0 Å². The van der Waals surface area contributed by atoms with Crippen LogP contribution < -0.4 is 5.32 Å². The number of hydrogen-bond donors (Lipinski definition) is 1. The molecule has 1 rings (SSSR count). The minimum atomic E-state index is 0.829. The smallest absolute Gasteiger partial charge is 0.00696 e. The highest BCUT2D eigenvalue weighted by Gasteiger charge is 2.17. The predicted octanol–water partition coefficient (Wildman–Crippen LogP) is 4.08. The van der Waals surface area contributed by atoms with Crippen molar-refractivity contribution in [2.75, 3.05) is 18.6 Å². The molecule has 0 bridgehead atoms. The molecule has 0 aromatic heterocycles. The van der Waals surface area contributed by atoms with Crippen molar-refractivity contribution >= 4 is 11.8 Å². The van der Waals surface area contributed by atoms with Crippen LogP contribution in [-0.4, -0.2) is 24.6 Å². The zero-order chi connectivity index (χ0) is 11.6. The van der Waals surface area contributed by atoms with E-state index >= 15 is 0 Å². The van der Waals surface area contributed by atoms with Crippen LogP contribution in [0.15, 0.2) is 0 Å². The Hall–Kier alpha value is 0.310. The summed E-state index contributed by atoms with van der Waals surface area (Å²) in [5.74, 6) is 2.29. The lowest BCUT2D eigenvalue weighted by Gasteiger charge is -2.27. The molecule has 96 valence electrons. The third kappa shape index (κ3) is 6.80. The minimum absolute atomic E-state index is 0.829. The Labute approximate surface area is 106 Å². The second-order valence-corrected chi connectivity index (χ2v) is 6.32. The summed E-state index contributed by atoms with van der Waals surface area (Å²) < 4.78 is 0. The van der Waals surface area contributed by atoms with Gasteiger partial charge in [0.2, 0.25) is 0 Å². The molecule has 1 aliphatic carbocycles. The Morgan fingerprint density at radius 1 is 1.12 bits per heavy atom. The molecule has 1 nitrogen and oxygen atoms in total. The van der Waals surface area contributed by atoms with Crippen LogP contribution in [0.25, 0.3) is 0 Å². The lowest BCUT2D eigenvalue weighted by atomic mass is 9.87. The first-order valence-corrected chi connectivity index (χ1v) is 8.44. The fourth-order valence-corrected chi connectivity index (χ4v) is 3.14. The highest BCUT2D eigenvalue weighted by atomic mass is 32.2. The summed E-state index contributed by atoms with van der Waals surface area (Å²) in [6, 6.07) is 0.829. The van der Waals surface area contributed by atoms with Crippen LogP contribution >= 0.6 is 11.8 Å². The third-order valence-electron chi connectivity index (χ3n) is 3.64. The van der Waals surface area contributed by atoms with Gasteiger partial charge in [0.1, 0.15) is 0 Å². The van der Waals surface area contributed by atoms with E-state index in [-0.39, 0.29) is 0 Å². The van der Waals surface area contributed by atoms with Gasteiger partial charge in [-0.1, -0.05) is 32.6 Å². The number of nitrogens with one attached hydrogen (secondary N) is 1. The number of hydrogen-bond acceptors (Lipinski definition) is 2. The number of unbranched alkanes of at least 4 members (excludes halogenated alkanes) is 3. The fraction of sp³-hybridized carbons (Fsp3) is 1.00. The first-order chi connectivity index (χ1) is 7.83. The normalized spacial score (nSPS) is 25.9. The van der Waals surface area contributed by atoms with Crippen LogP contribution in [0.1, 0.15) is 58.3 Å². The molecule has 2 heteroatoms. The van der Waals surface area contributed by atoms with Crippen LogP contribution in [0.4, 0.5) is 0 Å². The Morgan fingerprint density at radius 3 is 2.69 bits per heavy atom. The van der Waals surface area contributed by atoms with Crippen molar-refractivity contribution in [3.8, 4) is 0 Å². The maximum Gasteiger partial charge on any atom is 0.00696 e. The molecular formula is C14H29NS. The van der Waals surface area contributed by atoms with E-state index in [1.54, 1.807) is 0 Å². The molecule has 0 radical (unpaired) electrons. The molecule has 2 atom stereocenters. The van der Waals surface area contributed by atoms with Crippen molar-refractivity contribution in [3.05, 3.63) is 0 Å². The largest absolute Gasteiger partial charge is 0.314 e. The molecule has 0 aromatic rings. The van der Waals surface area contributed by atoms with Gasteiger partial charge in [-0.15, -0.1) is 0 Å². The van der Waals surface area contributed by atoms with Crippen LogP contribution in [0, 0.1) is 5.92 Å². The Balaban J connectivity index is 1.86. The summed E-state index contributed by atoms with van der Waals surface area (Å²) in [5, 5.41) is 3.74. The van der Waals surface area contributed by atoms with Gasteiger partial charge < -0.3 is 5.32 Å². The Morgan fingerprint density at radius 2 is 1.94 bits per heavy atom. The average molecular weight is 243 g/mol. The minimum Gasteiger partial charge on any atom is -0.314 e. The molecule has 0 heterocycles. The van der Waals surface area contributed by atoms with E-state index < -0.39 is 0 Å². The van der Waals surface area contributed by atoms with Crippen molar-refractivity contribution in [3.63, 3.8) is 0 Å². The lowest BCUT2D eigenvalue weighted by molar-refractivity contribution is 0.300. The van der Waals surface area contributed by atoms with Crippen molar-refractivity contribution in [1.82, 2.24) is 5.32 Å². The van der Waals surface area contributed by atoms with E-state index in [2.05, 4.69) is 18.5 Å². The average Bonchev–Trinajstić information content (AvgIpc) is 2.28. The molecule has 2 unspecified atom stereocenters. The summed E-state index contributed by atoms with van der Waals surface area (Å²) in [4.78, 5) is 0. The summed E-state index contributed by atoms with van der Waals surface area (Å²) in [7, 11) is 0. The maximum absolute atomic E-state index is 3.74. The predicted molar refractivity (Wildman–Crippen MR) is 76.3 cm³/mol. The number of rotatable bonds is 8. The highest BCUT2D eigenvalue weighted by molar-refractivity contribution is 7.98. The van der Waals surface area contributed by atoms with Gasteiger partial charge in [0.05, 0.1) is 0 Å². The molecule has 0 spiro atoms. The molecule has 1 N–H and O–H groups in total. The first kappa shape index (κ1) is 14.4. The standard InChI is InChI=1S/C14H29NS/c1-13-8-7-9-14(12-13)15-10-5-3-4-6-11-16-2/h13-15H,3-12H2,1-2H3. The summed E-state index contributed by atoms with van der Waals surface area (Å²) in [5.41, 5.74) is 0. The molecule has 0 aliphatic heterocycles. The van der Waals surface area contributed by atoms with Crippen molar-refractivity contribution < 1.29 is 0 Å². The summed E-state index contributed by atoms with van der Waals surface area (Å²) in [6.45, 7) is 3.65. The second kappa shape index (κ2) is 9.35. The van der Waals surface area contributed by atoms with Gasteiger partial charge in [-0.2, -0.15) is 11.8 Å². The van der Waals surface area contributed by atoms with Gasteiger partial charge in [0, 0.05) is 6.04 Å². The Bertz CT molecular complexity index is 161. The highest BCUT2D eigenvalue weighted by Crippen LogP contribution is 2.23. The molecule has 0 aromatic carbocycles. The SMILES string of the molecule is CSCCCCCCNC1CCCC(C)C1. The quantitative estimate of drug-likeness (QED) is 0.645. The summed E-state index contributed by atoms with van der Waals surface area (Å²) in [6.07, 6.45) is 13.5. The van der Waals surface area contributed by atoms with Crippen molar-refractivity contribution in [1.29, 1.82) is 0 Å². The van der Waals surface area contributed by atoms with E-state index in [4.69, 9.17) is 0 Å². The monoisotopic (exact) mass is 243 g/mol. The van der Waals surface area contributed by atoms with Crippen molar-refractivity contribution in [2.24, 2.45) is 5.92 Å². The van der Waals surface area contributed by atoms with Gasteiger partial charge in [-0.05, 0) is 50.2 Å². The van der Waals surface area contributed by atoms with Crippen LogP contribution in [-0.2, 0) is 0 Å². The summed E-state index contributed by atoms with van der Waals surface area (Å²) >= 11 is 1.97. The van der Waals surface area contributed by atoms with E-state index in [0.29, 0.717) is 0 Å². The van der Waals surface area contributed by atoms with Gasteiger partial charge in [-0.25, -0.2) is 0 Å². The molecule has 16 heavy (non-hydrogen) atoms. The van der Waals surface area contributed by atoms with Crippen LogP contribution in [0.3, 0.4) is 0 Å². The van der Waals surface area contributed by atoms with Crippen LogP contribution in [0.2, 0.25) is 0 Å². The molecule has 1 saturated carbocycles. The zero-order valence-electron chi connectivity index (χ0n) is 11.1. The van der Waals surface area contributed by atoms with Gasteiger partial charge in [-0.3, -0.25) is 0 Å². The molecule has 0 amide bonds. The van der Waals surface area contributed by atoms with Gasteiger partial charge in [0.25, 0.3) is 0 Å². The van der Waals surface area contributed by atoms with E-state index in [1.807, 2.05) is 11.8 Å². The third-order valence-corrected chi connectivity index (χ3v) is 4.34. The maximum atomic E-state index is 3.74. The van der Waals surface area contributed by atoms with Crippen molar-refractivity contribution in [2.45, 2.75) is 64.3 Å². The molecule has 1 aliphatic rings. The molecule has 1 fully saturated rings. The van der Waals surface area contributed by atoms with E-state index in [0.717, 1.165) is 12.0 Å².